The summed E-state index contributed by atoms with van der Waals surface area (Å²) in [5, 5.41) is 2.86. The summed E-state index contributed by atoms with van der Waals surface area (Å²) in [6.45, 7) is 27.8. The van der Waals surface area contributed by atoms with Gasteiger partial charge < -0.3 is 19.9 Å². The molecule has 0 amide bonds. The number of aromatic nitrogens is 8. The highest BCUT2D eigenvalue weighted by atomic mass is 14.8. The average Bonchev–Trinajstić information content (AvgIpc) is 1.52. The largest absolute Gasteiger partial charge is 0.355 e. The van der Waals surface area contributed by atoms with E-state index in [9.17, 15) is 0 Å². The maximum absolute atomic E-state index is 5.65. The summed E-state index contributed by atoms with van der Waals surface area (Å²) in [6.07, 6.45) is 19.2. The first kappa shape index (κ1) is 58.9. The van der Waals surface area contributed by atoms with Crippen LogP contribution in [0.1, 0.15) is 309 Å². The first-order chi connectivity index (χ1) is 44.9. The molecule has 8 aromatic rings. The van der Waals surface area contributed by atoms with Gasteiger partial charge in [-0.15, -0.1) is 0 Å². The third-order valence-corrected chi connectivity index (χ3v) is 23.3. The zero-order chi connectivity index (χ0) is 63.1. The van der Waals surface area contributed by atoms with Crippen molar-refractivity contribution in [1.82, 2.24) is 39.9 Å². The molecule has 10 heterocycles. The van der Waals surface area contributed by atoms with Gasteiger partial charge in [0.1, 0.15) is 0 Å². The van der Waals surface area contributed by atoms with Gasteiger partial charge in [-0.25, -0.2) is 19.9 Å². The number of hydrogen-bond donors (Lipinski definition) is 4. The van der Waals surface area contributed by atoms with Crippen molar-refractivity contribution in [1.29, 1.82) is 0 Å². The molecule has 8 aliphatic rings. The number of H-pyrrole nitrogens is 4. The summed E-state index contributed by atoms with van der Waals surface area (Å²) in [4.78, 5) is 38.8. The number of aryl methyl sites for hydroxylation is 4. The molecule has 92 heavy (non-hydrogen) atoms. The van der Waals surface area contributed by atoms with E-state index in [2.05, 4.69) is 176 Å². The molecule has 468 valence electrons. The van der Waals surface area contributed by atoms with Crippen molar-refractivity contribution in [2.75, 3.05) is 0 Å². The van der Waals surface area contributed by atoms with Crippen molar-refractivity contribution in [3.05, 3.63) is 185 Å². The molecule has 4 unspecified atom stereocenters. The molecule has 20 bridgehead atoms. The lowest BCUT2D eigenvalue weighted by molar-refractivity contribution is 0.797. The molecule has 8 nitrogen and oxygen atoms in total. The minimum absolute atomic E-state index is 0.250. The summed E-state index contributed by atoms with van der Waals surface area (Å²) in [6, 6.07) is 29.4. The van der Waals surface area contributed by atoms with E-state index in [1.165, 1.54) is 166 Å². The predicted molar refractivity (Wildman–Crippen MR) is 388 cm³/mol. The van der Waals surface area contributed by atoms with Gasteiger partial charge in [-0.1, -0.05) is 105 Å². The van der Waals surface area contributed by atoms with Crippen LogP contribution in [-0.2, 0) is 25.7 Å². The molecule has 4 aliphatic heterocycles. The summed E-state index contributed by atoms with van der Waals surface area (Å²) < 4.78 is 0. The highest BCUT2D eigenvalue weighted by Gasteiger charge is 2.48. The van der Waals surface area contributed by atoms with E-state index in [-0.39, 0.29) is 23.7 Å². The normalized spacial score (nSPS) is 18.4. The fourth-order valence-electron chi connectivity index (χ4n) is 18.7. The van der Waals surface area contributed by atoms with Gasteiger partial charge in [0.05, 0.1) is 45.6 Å². The summed E-state index contributed by atoms with van der Waals surface area (Å²) in [5.41, 5.74) is 46.6. The van der Waals surface area contributed by atoms with Crippen molar-refractivity contribution < 1.29 is 0 Å². The van der Waals surface area contributed by atoms with Crippen LogP contribution >= 0.6 is 0 Å². The Morgan fingerprint density at radius 3 is 0.815 bits per heavy atom. The van der Waals surface area contributed by atoms with E-state index in [0.29, 0.717) is 0 Å². The van der Waals surface area contributed by atoms with Gasteiger partial charge in [-0.05, 0) is 288 Å². The smallest absolute Gasteiger partial charge is 0.0693 e. The highest BCUT2D eigenvalue weighted by Crippen LogP contribution is 2.64. The van der Waals surface area contributed by atoms with Crippen LogP contribution in [0.5, 0.6) is 0 Å². The lowest BCUT2D eigenvalue weighted by atomic mass is 9.79. The standard InChI is InChI=1S/C84H92N8/c1-13-21-25-51-43(9)63-35-75-81-59-33-61(83(81)77(91-75)37-65-45(11)53(27-23-15-3)73(87-65)41-69-49(19-7)47(17-5)67(89-69)39-71(51)85-63)79-55-30-32-58-60-34-62(80(58)56(55)29-31-57(59)79)84-78-38-66-46(12)54(28-24-16-4)74(88-66)42-70-50(20-8)48(18-6)68(90-70)40-72-52(26-22-14-2)44(10)64(86-72)36-76(92-78)82(60)84/h29-32,35-42,59-62,89-92H,13-28,33-34H2,1-12H3. The number of aromatic amines is 4. The van der Waals surface area contributed by atoms with Crippen molar-refractivity contribution in [2.45, 2.75) is 222 Å². The van der Waals surface area contributed by atoms with Crippen molar-refractivity contribution in [3.63, 3.8) is 0 Å². The maximum atomic E-state index is 5.65. The molecule has 8 heteroatoms. The molecule has 0 spiro atoms. The van der Waals surface area contributed by atoms with Crippen LogP contribution < -0.4 is 0 Å². The van der Waals surface area contributed by atoms with Crippen LogP contribution in [0, 0.1) is 0 Å². The number of allylic oxidation sites excluding steroid dienone is 8. The van der Waals surface area contributed by atoms with Crippen molar-refractivity contribution >= 4 is 99.5 Å². The summed E-state index contributed by atoms with van der Waals surface area (Å²) >= 11 is 0. The molecule has 2 aromatic carbocycles. The second kappa shape index (κ2) is 22.9. The van der Waals surface area contributed by atoms with Crippen LogP contribution in [0.2, 0.25) is 0 Å². The second-order valence-corrected chi connectivity index (χ2v) is 28.2. The Bertz CT molecular complexity index is 4680. The molecule has 4 atom stereocenters. The van der Waals surface area contributed by atoms with Gasteiger partial charge in [-0.3, -0.25) is 0 Å². The van der Waals surface area contributed by atoms with Crippen LogP contribution in [-0.4, -0.2) is 39.9 Å². The van der Waals surface area contributed by atoms with Crippen LogP contribution in [0.25, 0.3) is 99.5 Å². The minimum atomic E-state index is 0.250. The number of unbranched alkanes of at least 4 members (excludes halogenated alkanes) is 4. The summed E-state index contributed by atoms with van der Waals surface area (Å²) in [7, 11) is 0. The SMILES string of the molecule is CCCCC1=C(C)c2cc3[nH]c(cc4nc(cc5[nH]c(cc1n2)c(CC)c5CC)C(CCCC)=C4C)c1c3C2CC1c1c2ccc2c3c(ccc12)C1CC3c2c1c1cc3nc(cc4[nH]c(cc5nc(cc2[nH]1)C(C)=C5CCCC)c(CC)c4CC)C(CCCC)=C3C. The quantitative estimate of drug-likeness (QED) is 0.0771. The third-order valence-electron chi connectivity index (χ3n) is 23.3. The van der Waals surface area contributed by atoms with Gasteiger partial charge in [-0.2, -0.15) is 0 Å². The Balaban J connectivity index is 0.896. The van der Waals surface area contributed by atoms with Crippen molar-refractivity contribution in [2.24, 2.45) is 0 Å². The zero-order valence-electron chi connectivity index (χ0n) is 56.8. The second-order valence-electron chi connectivity index (χ2n) is 28.2. The molecular weight excluding hydrogens is 1120 g/mol. The van der Waals surface area contributed by atoms with Gasteiger partial charge in [0.15, 0.2) is 0 Å². The number of rotatable bonds is 16. The number of fused-ring (bicyclic) bond motifs is 39. The molecular formula is C84H92N8. The Kier molecular flexibility index (Phi) is 14.7. The molecule has 0 fully saturated rings. The van der Waals surface area contributed by atoms with E-state index in [1.54, 1.807) is 0 Å². The van der Waals surface area contributed by atoms with Gasteiger partial charge in [0, 0.05) is 67.8 Å². The van der Waals surface area contributed by atoms with Crippen molar-refractivity contribution in [3.8, 4) is 0 Å². The molecule has 0 radical (unpaired) electrons. The molecule has 16 rings (SSSR count). The number of nitrogens with zero attached hydrogens (tertiary/aromatic N) is 4. The number of hydrogen-bond acceptors (Lipinski definition) is 4. The maximum Gasteiger partial charge on any atom is 0.0693 e. The Hall–Kier alpha value is -8.10. The fourth-order valence-corrected chi connectivity index (χ4v) is 18.7. The van der Waals surface area contributed by atoms with Crippen LogP contribution in [0.4, 0.5) is 0 Å². The topological polar surface area (TPSA) is 115 Å². The van der Waals surface area contributed by atoms with E-state index in [1.807, 2.05) is 0 Å². The van der Waals surface area contributed by atoms with Gasteiger partial charge in [0.2, 0.25) is 0 Å². The Labute approximate surface area is 543 Å². The fraction of sp³-hybridized carbons (Fsp3) is 0.405. The predicted octanol–water partition coefficient (Wildman–Crippen LogP) is 22.8. The third kappa shape index (κ3) is 8.86. The lowest BCUT2D eigenvalue weighted by Crippen LogP contribution is -2.06. The lowest BCUT2D eigenvalue weighted by Gasteiger charge is -2.23. The van der Waals surface area contributed by atoms with Gasteiger partial charge >= 0.3 is 0 Å². The first-order valence-electron chi connectivity index (χ1n) is 35.9. The molecule has 0 saturated heterocycles. The van der Waals surface area contributed by atoms with Gasteiger partial charge in [0.25, 0.3) is 0 Å². The molecule has 4 N–H and O–H groups in total. The molecule has 4 aliphatic carbocycles. The Morgan fingerprint density at radius 2 is 0.554 bits per heavy atom. The average molecular weight is 1210 g/mol. The molecule has 0 saturated carbocycles. The van der Waals surface area contributed by atoms with E-state index >= 15 is 0 Å². The van der Waals surface area contributed by atoms with E-state index in [4.69, 9.17) is 19.9 Å². The minimum Gasteiger partial charge on any atom is -0.355 e. The summed E-state index contributed by atoms with van der Waals surface area (Å²) in [5.74, 6) is 1.06. The number of benzene rings is 2. The van der Waals surface area contributed by atoms with Crippen LogP contribution in [0.3, 0.4) is 0 Å². The van der Waals surface area contributed by atoms with Crippen LogP contribution in [0.15, 0.2) is 72.8 Å². The highest BCUT2D eigenvalue weighted by molar-refractivity contribution is 6.01. The molecule has 6 aromatic heterocycles. The monoisotopic (exact) mass is 1210 g/mol. The Morgan fingerprint density at radius 1 is 0.304 bits per heavy atom. The zero-order valence-corrected chi connectivity index (χ0v) is 56.8. The first-order valence-corrected chi connectivity index (χ1v) is 35.9. The number of nitrogens with one attached hydrogen (secondary N) is 4. The van der Waals surface area contributed by atoms with E-state index < -0.39 is 0 Å². The van der Waals surface area contributed by atoms with E-state index in [0.717, 1.165) is 161 Å².